The summed E-state index contributed by atoms with van der Waals surface area (Å²) >= 11 is 5.06. The number of ether oxygens (including phenoxy) is 2. The van der Waals surface area contributed by atoms with Crippen LogP contribution in [0.3, 0.4) is 0 Å². The molecule has 0 saturated carbocycles. The fourth-order valence-electron chi connectivity index (χ4n) is 2.04. The molecule has 5 heteroatoms. The quantitative estimate of drug-likeness (QED) is 0.928. The van der Waals surface area contributed by atoms with E-state index in [9.17, 15) is 5.11 Å². The molecule has 0 radical (unpaired) electrons. The van der Waals surface area contributed by atoms with E-state index in [0.29, 0.717) is 19.6 Å². The molecule has 3 rings (SSSR count). The van der Waals surface area contributed by atoms with E-state index < -0.39 is 6.10 Å². The standard InChI is InChI=1S/C14H13BrO3S/c15-10-6-11(19-8-10)7-12(16)9-1-2-13-14(5-9)18-4-3-17-13/h1-2,5-6,8,12,16H,3-4,7H2. The van der Waals surface area contributed by atoms with Crippen molar-refractivity contribution in [2.75, 3.05) is 13.2 Å². The minimum Gasteiger partial charge on any atom is -0.486 e. The number of benzene rings is 1. The number of aliphatic hydroxyl groups excluding tert-OH is 1. The molecule has 0 spiro atoms. The summed E-state index contributed by atoms with van der Waals surface area (Å²) in [4.78, 5) is 1.15. The van der Waals surface area contributed by atoms with Crippen molar-refractivity contribution in [3.63, 3.8) is 0 Å². The summed E-state index contributed by atoms with van der Waals surface area (Å²) in [5.41, 5.74) is 0.855. The Morgan fingerprint density at radius 3 is 2.74 bits per heavy atom. The van der Waals surface area contributed by atoms with Crippen LogP contribution < -0.4 is 9.47 Å². The van der Waals surface area contributed by atoms with E-state index in [1.54, 1.807) is 11.3 Å². The van der Waals surface area contributed by atoms with Gasteiger partial charge in [0.05, 0.1) is 6.10 Å². The van der Waals surface area contributed by atoms with Crippen LogP contribution in [0.1, 0.15) is 16.5 Å². The number of hydrogen-bond donors (Lipinski definition) is 1. The van der Waals surface area contributed by atoms with Crippen molar-refractivity contribution in [2.24, 2.45) is 0 Å². The molecule has 1 aliphatic heterocycles. The van der Waals surface area contributed by atoms with Gasteiger partial charge in [-0.15, -0.1) is 11.3 Å². The van der Waals surface area contributed by atoms with Crippen LogP contribution in [0.4, 0.5) is 0 Å². The SMILES string of the molecule is OC(Cc1cc(Br)cs1)c1ccc2c(c1)OCCO2. The van der Waals surface area contributed by atoms with Crippen LogP contribution in [-0.4, -0.2) is 18.3 Å². The van der Waals surface area contributed by atoms with E-state index in [0.717, 1.165) is 26.4 Å². The Morgan fingerprint density at radius 1 is 1.21 bits per heavy atom. The predicted octanol–water partition coefficient (Wildman–Crippen LogP) is 3.56. The average Bonchev–Trinajstić information content (AvgIpc) is 2.83. The van der Waals surface area contributed by atoms with Gasteiger partial charge < -0.3 is 14.6 Å². The lowest BCUT2D eigenvalue weighted by Gasteiger charge is -2.20. The molecule has 100 valence electrons. The average molecular weight is 341 g/mol. The fourth-order valence-corrected chi connectivity index (χ4v) is 3.53. The van der Waals surface area contributed by atoms with E-state index in [2.05, 4.69) is 15.9 Å². The maximum atomic E-state index is 10.3. The van der Waals surface area contributed by atoms with Gasteiger partial charge in [-0.2, -0.15) is 0 Å². The molecule has 2 aromatic rings. The molecule has 19 heavy (non-hydrogen) atoms. The van der Waals surface area contributed by atoms with Crippen LogP contribution in [0.15, 0.2) is 34.1 Å². The molecule has 1 unspecified atom stereocenters. The van der Waals surface area contributed by atoms with Gasteiger partial charge in [0.1, 0.15) is 13.2 Å². The van der Waals surface area contributed by atoms with Crippen molar-refractivity contribution in [1.82, 2.24) is 0 Å². The van der Waals surface area contributed by atoms with Gasteiger partial charge in [-0.1, -0.05) is 6.07 Å². The normalized spacial score (nSPS) is 15.3. The van der Waals surface area contributed by atoms with Gasteiger partial charge in [-0.25, -0.2) is 0 Å². The zero-order valence-corrected chi connectivity index (χ0v) is 12.5. The predicted molar refractivity (Wildman–Crippen MR) is 78.1 cm³/mol. The minimum atomic E-state index is -0.527. The lowest BCUT2D eigenvalue weighted by Crippen LogP contribution is -2.15. The molecule has 2 heterocycles. The highest BCUT2D eigenvalue weighted by Crippen LogP contribution is 2.34. The molecule has 0 amide bonds. The van der Waals surface area contributed by atoms with Gasteiger partial charge >= 0.3 is 0 Å². The Morgan fingerprint density at radius 2 is 2.00 bits per heavy atom. The maximum Gasteiger partial charge on any atom is 0.161 e. The highest BCUT2D eigenvalue weighted by Gasteiger charge is 2.16. The second-order valence-corrected chi connectivity index (χ2v) is 6.27. The summed E-state index contributed by atoms with van der Waals surface area (Å²) in [5.74, 6) is 1.47. The highest BCUT2D eigenvalue weighted by atomic mass is 79.9. The van der Waals surface area contributed by atoms with Crippen LogP contribution in [0, 0.1) is 0 Å². The van der Waals surface area contributed by atoms with Crippen LogP contribution >= 0.6 is 27.3 Å². The Bertz CT molecular complexity index is 582. The van der Waals surface area contributed by atoms with E-state index >= 15 is 0 Å². The first-order valence-corrected chi connectivity index (χ1v) is 7.70. The molecule has 1 aromatic heterocycles. The third-order valence-electron chi connectivity index (χ3n) is 2.97. The first kappa shape index (κ1) is 13.0. The van der Waals surface area contributed by atoms with Gasteiger partial charge in [-0.3, -0.25) is 0 Å². The highest BCUT2D eigenvalue weighted by molar-refractivity contribution is 9.10. The minimum absolute atomic E-state index is 0.527. The second-order valence-electron chi connectivity index (χ2n) is 4.35. The van der Waals surface area contributed by atoms with E-state index in [1.807, 2.05) is 29.6 Å². The van der Waals surface area contributed by atoms with Crippen LogP contribution in [0.2, 0.25) is 0 Å². The molecule has 0 bridgehead atoms. The molecule has 0 saturated heterocycles. The van der Waals surface area contributed by atoms with E-state index in [4.69, 9.17) is 9.47 Å². The molecule has 3 nitrogen and oxygen atoms in total. The lowest BCUT2D eigenvalue weighted by atomic mass is 10.1. The summed E-state index contributed by atoms with van der Waals surface area (Å²) in [5, 5.41) is 12.3. The van der Waals surface area contributed by atoms with Crippen molar-refractivity contribution in [1.29, 1.82) is 0 Å². The van der Waals surface area contributed by atoms with Crippen LogP contribution in [-0.2, 0) is 6.42 Å². The lowest BCUT2D eigenvalue weighted by molar-refractivity contribution is 0.165. The summed E-state index contributed by atoms with van der Waals surface area (Å²) in [6, 6.07) is 7.64. The van der Waals surface area contributed by atoms with E-state index in [-0.39, 0.29) is 0 Å². The Kier molecular flexibility index (Phi) is 3.77. The second kappa shape index (κ2) is 5.53. The van der Waals surface area contributed by atoms with Crippen molar-refractivity contribution in [3.05, 3.63) is 44.6 Å². The van der Waals surface area contributed by atoms with Crippen molar-refractivity contribution < 1.29 is 14.6 Å². The zero-order chi connectivity index (χ0) is 13.2. The van der Waals surface area contributed by atoms with Crippen LogP contribution in [0.5, 0.6) is 11.5 Å². The molecule has 1 atom stereocenters. The van der Waals surface area contributed by atoms with Crippen LogP contribution in [0.25, 0.3) is 0 Å². The van der Waals surface area contributed by atoms with Crippen molar-refractivity contribution >= 4 is 27.3 Å². The van der Waals surface area contributed by atoms with Gasteiger partial charge in [0.15, 0.2) is 11.5 Å². The Hall–Kier alpha value is -1.04. The third-order valence-corrected chi connectivity index (χ3v) is 4.69. The van der Waals surface area contributed by atoms with Gasteiger partial charge in [0.2, 0.25) is 0 Å². The number of rotatable bonds is 3. The number of hydrogen-bond acceptors (Lipinski definition) is 4. The van der Waals surface area contributed by atoms with E-state index in [1.165, 1.54) is 0 Å². The number of halogens is 1. The van der Waals surface area contributed by atoms with Gasteiger partial charge in [0.25, 0.3) is 0 Å². The molecule has 0 aliphatic carbocycles. The Labute approximate surface area is 123 Å². The number of thiophene rings is 1. The fraction of sp³-hybridized carbons (Fsp3) is 0.286. The molecule has 0 fully saturated rings. The first-order valence-electron chi connectivity index (χ1n) is 6.03. The Balaban J connectivity index is 1.77. The molecule has 1 aliphatic rings. The first-order chi connectivity index (χ1) is 9.22. The summed E-state index contributed by atoms with van der Waals surface area (Å²) in [6.45, 7) is 1.14. The van der Waals surface area contributed by atoms with Crippen molar-refractivity contribution in [3.8, 4) is 11.5 Å². The summed E-state index contributed by atoms with van der Waals surface area (Å²) < 4.78 is 12.1. The molecular weight excluding hydrogens is 328 g/mol. The number of aliphatic hydroxyl groups is 1. The van der Waals surface area contributed by atoms with Gasteiger partial charge in [-0.05, 0) is 39.7 Å². The maximum absolute atomic E-state index is 10.3. The largest absolute Gasteiger partial charge is 0.486 e. The van der Waals surface area contributed by atoms with Gasteiger partial charge in [0, 0.05) is 21.2 Å². The summed E-state index contributed by atoms with van der Waals surface area (Å²) in [6.07, 6.45) is 0.0806. The molecule has 1 N–H and O–H groups in total. The monoisotopic (exact) mass is 340 g/mol. The molecule has 1 aromatic carbocycles. The molecular formula is C14H13BrO3S. The third kappa shape index (κ3) is 2.94. The zero-order valence-electron chi connectivity index (χ0n) is 10.1. The smallest absolute Gasteiger partial charge is 0.161 e. The number of fused-ring (bicyclic) bond motifs is 1. The van der Waals surface area contributed by atoms with Crippen molar-refractivity contribution in [2.45, 2.75) is 12.5 Å². The topological polar surface area (TPSA) is 38.7 Å². The summed E-state index contributed by atoms with van der Waals surface area (Å²) in [7, 11) is 0.